The van der Waals surface area contributed by atoms with Gasteiger partial charge in [-0.05, 0) is 50.3 Å². The topological polar surface area (TPSA) is 66.5 Å². The summed E-state index contributed by atoms with van der Waals surface area (Å²) >= 11 is 0. The molecule has 156 valence electrons. The predicted molar refractivity (Wildman–Crippen MR) is 115 cm³/mol. The SMILES string of the molecule is Cc1cc(C)c(S(=O)(=O)N(CC(=O)NC2CCCC2)Cc2ccccc2)c(C)c1. The molecule has 0 heterocycles. The first-order valence-corrected chi connectivity index (χ1v) is 11.6. The number of carbonyl (C=O) groups excluding carboxylic acids is 1. The first-order valence-electron chi connectivity index (χ1n) is 10.2. The maximum Gasteiger partial charge on any atom is 0.244 e. The summed E-state index contributed by atoms with van der Waals surface area (Å²) in [5.41, 5.74) is 3.29. The molecule has 0 spiro atoms. The summed E-state index contributed by atoms with van der Waals surface area (Å²) in [6.45, 7) is 5.56. The van der Waals surface area contributed by atoms with Crippen LogP contribution in [0.25, 0.3) is 0 Å². The van der Waals surface area contributed by atoms with Crippen molar-refractivity contribution in [2.45, 2.75) is 63.9 Å². The molecule has 0 saturated heterocycles. The Hall–Kier alpha value is -2.18. The fourth-order valence-corrected chi connectivity index (χ4v) is 6.02. The lowest BCUT2D eigenvalue weighted by Gasteiger charge is -2.25. The quantitative estimate of drug-likeness (QED) is 0.748. The van der Waals surface area contributed by atoms with Crippen LogP contribution in [0.1, 0.15) is 47.9 Å². The molecular formula is C23H30N2O3S. The minimum atomic E-state index is -3.83. The van der Waals surface area contributed by atoms with E-state index in [1.54, 1.807) is 0 Å². The van der Waals surface area contributed by atoms with Crippen LogP contribution in [0.2, 0.25) is 0 Å². The second-order valence-corrected chi connectivity index (χ2v) is 9.91. The Labute approximate surface area is 174 Å². The van der Waals surface area contributed by atoms with Gasteiger partial charge in [0.05, 0.1) is 11.4 Å². The van der Waals surface area contributed by atoms with E-state index in [0.717, 1.165) is 36.8 Å². The van der Waals surface area contributed by atoms with Crippen LogP contribution in [0.4, 0.5) is 0 Å². The lowest BCUT2D eigenvalue weighted by atomic mass is 10.1. The Bertz CT molecular complexity index is 942. The van der Waals surface area contributed by atoms with Gasteiger partial charge in [0.15, 0.2) is 0 Å². The number of sulfonamides is 1. The molecule has 1 fully saturated rings. The van der Waals surface area contributed by atoms with Crippen molar-refractivity contribution in [3.63, 3.8) is 0 Å². The predicted octanol–water partition coefficient (Wildman–Crippen LogP) is 3.86. The Morgan fingerprint density at radius 3 is 2.21 bits per heavy atom. The lowest BCUT2D eigenvalue weighted by Crippen LogP contribution is -2.43. The van der Waals surface area contributed by atoms with Gasteiger partial charge >= 0.3 is 0 Å². The largest absolute Gasteiger partial charge is 0.352 e. The molecule has 29 heavy (non-hydrogen) atoms. The zero-order valence-corrected chi connectivity index (χ0v) is 18.3. The van der Waals surface area contributed by atoms with Crippen molar-refractivity contribution in [1.29, 1.82) is 0 Å². The molecule has 1 N–H and O–H groups in total. The molecule has 0 atom stereocenters. The van der Waals surface area contributed by atoms with Crippen LogP contribution in [-0.2, 0) is 21.4 Å². The number of rotatable bonds is 7. The van der Waals surface area contributed by atoms with E-state index >= 15 is 0 Å². The molecule has 1 amide bonds. The van der Waals surface area contributed by atoms with Gasteiger partial charge in [-0.3, -0.25) is 4.79 Å². The summed E-state index contributed by atoms with van der Waals surface area (Å²) in [6.07, 6.45) is 4.15. The minimum Gasteiger partial charge on any atom is -0.352 e. The van der Waals surface area contributed by atoms with E-state index < -0.39 is 10.0 Å². The van der Waals surface area contributed by atoms with E-state index in [0.29, 0.717) is 16.0 Å². The van der Waals surface area contributed by atoms with Crippen molar-refractivity contribution in [3.05, 3.63) is 64.7 Å². The number of nitrogens with one attached hydrogen (secondary N) is 1. The second-order valence-electron chi connectivity index (χ2n) is 8.04. The lowest BCUT2D eigenvalue weighted by molar-refractivity contribution is -0.122. The molecule has 0 bridgehead atoms. The third kappa shape index (κ3) is 5.25. The number of hydrogen-bond donors (Lipinski definition) is 1. The molecule has 3 rings (SSSR count). The third-order valence-corrected chi connectivity index (χ3v) is 7.54. The summed E-state index contributed by atoms with van der Waals surface area (Å²) in [6, 6.07) is 13.3. The van der Waals surface area contributed by atoms with E-state index in [2.05, 4.69) is 5.32 Å². The average molecular weight is 415 g/mol. The zero-order valence-electron chi connectivity index (χ0n) is 17.4. The van der Waals surface area contributed by atoms with Gasteiger partial charge in [0.2, 0.25) is 15.9 Å². The Kier molecular flexibility index (Phi) is 6.75. The molecule has 1 aliphatic carbocycles. The first kappa shape index (κ1) is 21.5. The van der Waals surface area contributed by atoms with Gasteiger partial charge in [-0.25, -0.2) is 8.42 Å². The maximum absolute atomic E-state index is 13.6. The molecule has 0 radical (unpaired) electrons. The molecule has 5 nitrogen and oxygen atoms in total. The number of benzene rings is 2. The van der Waals surface area contributed by atoms with Crippen molar-refractivity contribution < 1.29 is 13.2 Å². The minimum absolute atomic E-state index is 0.159. The molecule has 1 aliphatic rings. The van der Waals surface area contributed by atoms with Gasteiger partial charge < -0.3 is 5.32 Å². The Morgan fingerprint density at radius 2 is 1.62 bits per heavy atom. The average Bonchev–Trinajstić information content (AvgIpc) is 3.13. The second kappa shape index (κ2) is 9.09. The molecule has 0 aliphatic heterocycles. The van der Waals surface area contributed by atoms with Gasteiger partial charge in [0.1, 0.15) is 0 Å². The van der Waals surface area contributed by atoms with Crippen molar-refractivity contribution >= 4 is 15.9 Å². The van der Waals surface area contributed by atoms with Gasteiger partial charge in [-0.15, -0.1) is 0 Å². The zero-order chi connectivity index (χ0) is 21.0. The van der Waals surface area contributed by atoms with Gasteiger partial charge in [-0.2, -0.15) is 4.31 Å². The van der Waals surface area contributed by atoms with Crippen LogP contribution in [0.5, 0.6) is 0 Å². The van der Waals surface area contributed by atoms with E-state index in [1.807, 2.05) is 63.2 Å². The molecule has 1 saturated carbocycles. The van der Waals surface area contributed by atoms with Crippen LogP contribution in [0, 0.1) is 20.8 Å². The van der Waals surface area contributed by atoms with E-state index in [9.17, 15) is 13.2 Å². The summed E-state index contributed by atoms with van der Waals surface area (Å²) in [4.78, 5) is 13.0. The van der Waals surface area contributed by atoms with Crippen LogP contribution in [0.3, 0.4) is 0 Å². The van der Waals surface area contributed by atoms with Crippen LogP contribution in [-0.4, -0.2) is 31.2 Å². The number of nitrogens with zero attached hydrogens (tertiary/aromatic N) is 1. The third-order valence-electron chi connectivity index (χ3n) is 5.44. The first-order chi connectivity index (χ1) is 13.8. The molecule has 2 aromatic carbocycles. The van der Waals surface area contributed by atoms with Crippen LogP contribution in [0.15, 0.2) is 47.4 Å². The summed E-state index contributed by atoms with van der Waals surface area (Å²) in [5.74, 6) is -0.237. The molecule has 0 aromatic heterocycles. The summed E-state index contributed by atoms with van der Waals surface area (Å²) < 4.78 is 28.5. The fraction of sp³-hybridized carbons (Fsp3) is 0.435. The van der Waals surface area contributed by atoms with E-state index in [-0.39, 0.29) is 25.0 Å². The molecular weight excluding hydrogens is 384 g/mol. The van der Waals surface area contributed by atoms with Crippen molar-refractivity contribution in [2.75, 3.05) is 6.54 Å². The normalized spacial score (nSPS) is 15.0. The van der Waals surface area contributed by atoms with Crippen molar-refractivity contribution in [2.24, 2.45) is 0 Å². The fourth-order valence-electron chi connectivity index (χ4n) is 4.22. The van der Waals surface area contributed by atoms with Gasteiger partial charge in [0.25, 0.3) is 0 Å². The number of aryl methyl sites for hydroxylation is 3. The highest BCUT2D eigenvalue weighted by Gasteiger charge is 2.30. The van der Waals surface area contributed by atoms with Crippen LogP contribution < -0.4 is 5.32 Å². The maximum atomic E-state index is 13.6. The summed E-state index contributed by atoms with van der Waals surface area (Å²) in [7, 11) is -3.83. The van der Waals surface area contributed by atoms with Crippen molar-refractivity contribution in [1.82, 2.24) is 9.62 Å². The standard InChI is InChI=1S/C23H30N2O3S/c1-17-13-18(2)23(19(3)14-17)29(27,28)25(15-20-9-5-4-6-10-20)16-22(26)24-21-11-7-8-12-21/h4-6,9-10,13-14,21H,7-8,11-12,15-16H2,1-3H3,(H,24,26). The summed E-state index contributed by atoms with van der Waals surface area (Å²) in [5, 5.41) is 3.01. The number of amides is 1. The van der Waals surface area contributed by atoms with Crippen molar-refractivity contribution in [3.8, 4) is 0 Å². The van der Waals surface area contributed by atoms with E-state index in [1.165, 1.54) is 4.31 Å². The number of carbonyl (C=O) groups is 1. The van der Waals surface area contributed by atoms with Crippen LogP contribution >= 0.6 is 0 Å². The Balaban J connectivity index is 1.91. The molecule has 6 heteroatoms. The van der Waals surface area contributed by atoms with Gasteiger partial charge in [-0.1, -0.05) is 60.9 Å². The highest BCUT2D eigenvalue weighted by Crippen LogP contribution is 2.26. The molecule has 2 aromatic rings. The monoisotopic (exact) mass is 414 g/mol. The van der Waals surface area contributed by atoms with Gasteiger partial charge in [0, 0.05) is 12.6 Å². The smallest absolute Gasteiger partial charge is 0.244 e. The Morgan fingerprint density at radius 1 is 1.03 bits per heavy atom. The molecule has 0 unspecified atom stereocenters. The highest BCUT2D eigenvalue weighted by atomic mass is 32.2. The highest BCUT2D eigenvalue weighted by molar-refractivity contribution is 7.89. The number of hydrogen-bond acceptors (Lipinski definition) is 3. The van der Waals surface area contributed by atoms with E-state index in [4.69, 9.17) is 0 Å².